The van der Waals surface area contributed by atoms with Crippen molar-refractivity contribution in [3.05, 3.63) is 89.5 Å². The maximum absolute atomic E-state index is 12.4. The largest absolute Gasteiger partial charge is 0.325 e. The molecule has 0 radical (unpaired) electrons. The predicted molar refractivity (Wildman–Crippen MR) is 121 cm³/mol. The lowest BCUT2D eigenvalue weighted by molar-refractivity contribution is -0.113. The summed E-state index contributed by atoms with van der Waals surface area (Å²) >= 11 is 1.47. The molecule has 5 heteroatoms. The van der Waals surface area contributed by atoms with E-state index in [9.17, 15) is 4.79 Å². The van der Waals surface area contributed by atoms with Crippen LogP contribution in [0.15, 0.2) is 78.0 Å². The standard InChI is InChI=1S/C24H23N3OS/c1-17-10-12-20(13-11-17)25-23(28)16-29-24-26-21-8-3-4-9-22(21)27(24)15-19-7-5-6-18(2)14-19/h3-14H,15-16H2,1-2H3,(H,25,28). The minimum atomic E-state index is -0.0342. The van der Waals surface area contributed by atoms with E-state index in [0.717, 1.165) is 28.4 Å². The molecule has 1 aromatic heterocycles. The molecule has 0 bridgehead atoms. The Balaban J connectivity index is 1.53. The van der Waals surface area contributed by atoms with E-state index < -0.39 is 0 Å². The van der Waals surface area contributed by atoms with Crippen molar-refractivity contribution >= 4 is 34.4 Å². The molecule has 0 aliphatic carbocycles. The average Bonchev–Trinajstić information content (AvgIpc) is 3.06. The van der Waals surface area contributed by atoms with Crippen molar-refractivity contribution in [3.8, 4) is 0 Å². The summed E-state index contributed by atoms with van der Waals surface area (Å²) < 4.78 is 2.19. The Bertz CT molecular complexity index is 1150. The molecule has 0 atom stereocenters. The van der Waals surface area contributed by atoms with Crippen molar-refractivity contribution in [2.24, 2.45) is 0 Å². The number of aromatic nitrogens is 2. The molecule has 0 aliphatic heterocycles. The first-order valence-corrected chi connectivity index (χ1v) is 10.6. The molecule has 4 nitrogen and oxygen atoms in total. The predicted octanol–water partition coefficient (Wildman–Crippen LogP) is 5.43. The highest BCUT2D eigenvalue weighted by atomic mass is 32.2. The molecule has 0 fully saturated rings. The smallest absolute Gasteiger partial charge is 0.234 e. The molecular formula is C24H23N3OS. The highest BCUT2D eigenvalue weighted by Crippen LogP contribution is 2.25. The van der Waals surface area contributed by atoms with Crippen LogP contribution in [0.1, 0.15) is 16.7 Å². The molecule has 3 aromatic carbocycles. The third-order valence-corrected chi connectivity index (χ3v) is 5.69. The molecule has 0 unspecified atom stereocenters. The van der Waals surface area contributed by atoms with Crippen molar-refractivity contribution in [2.45, 2.75) is 25.5 Å². The number of para-hydroxylation sites is 2. The maximum Gasteiger partial charge on any atom is 0.234 e. The Kier molecular flexibility index (Phi) is 5.67. The van der Waals surface area contributed by atoms with E-state index in [1.54, 1.807) is 0 Å². The SMILES string of the molecule is Cc1ccc(NC(=O)CSc2nc3ccccc3n2Cc2cccc(C)c2)cc1. The van der Waals surface area contributed by atoms with Crippen molar-refractivity contribution < 1.29 is 4.79 Å². The number of carbonyl (C=O) groups excluding carboxylic acids is 1. The molecule has 4 aromatic rings. The van der Waals surface area contributed by atoms with Gasteiger partial charge in [-0.3, -0.25) is 4.79 Å². The number of fused-ring (bicyclic) bond motifs is 1. The fourth-order valence-electron chi connectivity index (χ4n) is 3.27. The second-order valence-electron chi connectivity index (χ2n) is 7.16. The van der Waals surface area contributed by atoms with Gasteiger partial charge in [-0.05, 0) is 43.7 Å². The van der Waals surface area contributed by atoms with Gasteiger partial charge in [0.1, 0.15) is 0 Å². The third-order valence-electron chi connectivity index (χ3n) is 4.71. The van der Waals surface area contributed by atoms with Crippen LogP contribution in [0.3, 0.4) is 0 Å². The van der Waals surface area contributed by atoms with E-state index in [2.05, 4.69) is 47.1 Å². The number of carbonyl (C=O) groups is 1. The van der Waals surface area contributed by atoms with Gasteiger partial charge >= 0.3 is 0 Å². The zero-order valence-electron chi connectivity index (χ0n) is 16.6. The maximum atomic E-state index is 12.4. The fourth-order valence-corrected chi connectivity index (χ4v) is 4.09. The fraction of sp³-hybridized carbons (Fsp3) is 0.167. The molecular weight excluding hydrogens is 378 g/mol. The number of anilines is 1. The molecule has 4 rings (SSSR count). The van der Waals surface area contributed by atoms with Crippen molar-refractivity contribution in [1.82, 2.24) is 9.55 Å². The second-order valence-corrected chi connectivity index (χ2v) is 8.10. The summed E-state index contributed by atoms with van der Waals surface area (Å²) in [6.45, 7) is 4.85. The molecule has 0 aliphatic rings. The molecule has 146 valence electrons. The van der Waals surface area contributed by atoms with E-state index in [1.807, 2.05) is 49.4 Å². The van der Waals surface area contributed by atoms with Gasteiger partial charge in [0.15, 0.2) is 5.16 Å². The number of hydrogen-bond donors (Lipinski definition) is 1. The normalized spacial score (nSPS) is 11.0. The van der Waals surface area contributed by atoms with Gasteiger partial charge in [-0.1, -0.05) is 71.4 Å². The average molecular weight is 402 g/mol. The summed E-state index contributed by atoms with van der Waals surface area (Å²) in [5.74, 6) is 0.276. The number of rotatable bonds is 6. The van der Waals surface area contributed by atoms with Gasteiger partial charge in [0, 0.05) is 5.69 Å². The summed E-state index contributed by atoms with van der Waals surface area (Å²) in [5, 5.41) is 3.81. The van der Waals surface area contributed by atoms with Crippen LogP contribution in [0, 0.1) is 13.8 Å². The first-order chi connectivity index (χ1) is 14.1. The van der Waals surface area contributed by atoms with Crippen LogP contribution in [0.5, 0.6) is 0 Å². The number of thioether (sulfide) groups is 1. The molecule has 0 saturated heterocycles. The van der Waals surface area contributed by atoms with Crippen LogP contribution in [0.4, 0.5) is 5.69 Å². The van der Waals surface area contributed by atoms with E-state index in [4.69, 9.17) is 4.98 Å². The quantitative estimate of drug-likeness (QED) is 0.438. The van der Waals surface area contributed by atoms with Crippen molar-refractivity contribution in [3.63, 3.8) is 0 Å². The Labute approximate surface area is 175 Å². The summed E-state index contributed by atoms with van der Waals surface area (Å²) in [5.41, 5.74) is 6.46. The Morgan fingerprint density at radius 2 is 1.76 bits per heavy atom. The van der Waals surface area contributed by atoms with Crippen LogP contribution in [0.25, 0.3) is 11.0 Å². The highest BCUT2D eigenvalue weighted by molar-refractivity contribution is 7.99. The van der Waals surface area contributed by atoms with Gasteiger partial charge in [-0.2, -0.15) is 0 Å². The monoisotopic (exact) mass is 401 g/mol. The van der Waals surface area contributed by atoms with Crippen molar-refractivity contribution in [2.75, 3.05) is 11.1 Å². The summed E-state index contributed by atoms with van der Waals surface area (Å²) in [6, 6.07) is 24.4. The van der Waals surface area contributed by atoms with E-state index in [1.165, 1.54) is 28.5 Å². The van der Waals surface area contributed by atoms with Crippen LogP contribution in [-0.4, -0.2) is 21.2 Å². The number of benzene rings is 3. The zero-order chi connectivity index (χ0) is 20.2. The second kappa shape index (κ2) is 8.53. The zero-order valence-corrected chi connectivity index (χ0v) is 17.4. The molecule has 1 heterocycles. The van der Waals surface area contributed by atoms with Crippen molar-refractivity contribution in [1.29, 1.82) is 0 Å². The van der Waals surface area contributed by atoms with Gasteiger partial charge in [0.25, 0.3) is 0 Å². The molecule has 0 spiro atoms. The Morgan fingerprint density at radius 1 is 0.966 bits per heavy atom. The van der Waals surface area contributed by atoms with E-state index in [0.29, 0.717) is 5.75 Å². The lowest BCUT2D eigenvalue weighted by atomic mass is 10.1. The third kappa shape index (κ3) is 4.69. The van der Waals surface area contributed by atoms with Crippen LogP contribution in [0.2, 0.25) is 0 Å². The van der Waals surface area contributed by atoms with Crippen LogP contribution < -0.4 is 5.32 Å². The number of aryl methyl sites for hydroxylation is 2. The number of imidazole rings is 1. The minimum absolute atomic E-state index is 0.0342. The first kappa shape index (κ1) is 19.3. The van der Waals surface area contributed by atoms with Crippen LogP contribution in [-0.2, 0) is 11.3 Å². The molecule has 29 heavy (non-hydrogen) atoms. The molecule has 1 amide bonds. The lowest BCUT2D eigenvalue weighted by Gasteiger charge is -2.10. The highest BCUT2D eigenvalue weighted by Gasteiger charge is 2.13. The molecule has 0 saturated carbocycles. The summed E-state index contributed by atoms with van der Waals surface area (Å²) in [6.07, 6.45) is 0. The Morgan fingerprint density at radius 3 is 2.55 bits per heavy atom. The first-order valence-electron chi connectivity index (χ1n) is 9.58. The van der Waals surface area contributed by atoms with Gasteiger partial charge < -0.3 is 9.88 Å². The van der Waals surface area contributed by atoms with Crippen LogP contribution >= 0.6 is 11.8 Å². The van der Waals surface area contributed by atoms with Gasteiger partial charge in [-0.25, -0.2) is 4.98 Å². The molecule has 1 N–H and O–H groups in total. The number of nitrogens with zero attached hydrogens (tertiary/aromatic N) is 2. The summed E-state index contributed by atoms with van der Waals surface area (Å²) in [4.78, 5) is 17.2. The van der Waals surface area contributed by atoms with Gasteiger partial charge in [0.05, 0.1) is 23.3 Å². The number of amides is 1. The van der Waals surface area contributed by atoms with E-state index >= 15 is 0 Å². The minimum Gasteiger partial charge on any atom is -0.325 e. The topological polar surface area (TPSA) is 46.9 Å². The van der Waals surface area contributed by atoms with Gasteiger partial charge in [-0.15, -0.1) is 0 Å². The summed E-state index contributed by atoms with van der Waals surface area (Å²) in [7, 11) is 0. The number of hydrogen-bond acceptors (Lipinski definition) is 3. The van der Waals surface area contributed by atoms with Gasteiger partial charge in [0.2, 0.25) is 5.91 Å². The lowest BCUT2D eigenvalue weighted by Crippen LogP contribution is -2.14. The number of nitrogens with one attached hydrogen (secondary N) is 1. The van der Waals surface area contributed by atoms with E-state index in [-0.39, 0.29) is 5.91 Å². The Hall–Kier alpha value is -3.05.